The maximum atomic E-state index is 12.9. The Morgan fingerprint density at radius 3 is 3.00 bits per heavy atom. The van der Waals surface area contributed by atoms with Gasteiger partial charge in [-0.1, -0.05) is 5.16 Å². The Kier molecular flexibility index (Phi) is 4.06. The molecule has 0 aliphatic carbocycles. The molecule has 0 bridgehead atoms. The molecule has 0 unspecified atom stereocenters. The van der Waals surface area contributed by atoms with E-state index in [1.807, 2.05) is 11.0 Å². The Balaban J connectivity index is 1.63. The van der Waals surface area contributed by atoms with E-state index < -0.39 is 0 Å². The highest BCUT2D eigenvalue weighted by molar-refractivity contribution is 5.96. The lowest BCUT2D eigenvalue weighted by molar-refractivity contribution is 0.0703. The average Bonchev–Trinajstić information content (AvgIpc) is 2.99. The number of rotatable bonds is 2. The van der Waals surface area contributed by atoms with Crippen LogP contribution in [0.25, 0.3) is 10.9 Å². The van der Waals surface area contributed by atoms with Gasteiger partial charge >= 0.3 is 0 Å². The number of amides is 1. The van der Waals surface area contributed by atoms with Crippen molar-refractivity contribution < 1.29 is 9.32 Å². The zero-order valence-corrected chi connectivity index (χ0v) is 14.8. The number of likely N-dealkylation sites (tertiary alicyclic amines) is 1. The lowest BCUT2D eigenvalue weighted by Crippen LogP contribution is -2.40. The van der Waals surface area contributed by atoms with Gasteiger partial charge in [-0.15, -0.1) is 0 Å². The molecule has 7 nitrogen and oxygen atoms in total. The molecule has 0 radical (unpaired) electrons. The lowest BCUT2D eigenvalue weighted by atomic mass is 9.93. The fourth-order valence-corrected chi connectivity index (χ4v) is 3.69. The molecule has 1 aliphatic heterocycles. The molecule has 1 N–H and O–H groups in total. The first-order valence-corrected chi connectivity index (χ1v) is 8.74. The highest BCUT2D eigenvalue weighted by Gasteiger charge is 2.29. The van der Waals surface area contributed by atoms with Crippen molar-refractivity contribution in [3.05, 3.63) is 57.5 Å². The smallest absolute Gasteiger partial charge is 0.259 e. The first kappa shape index (κ1) is 16.5. The van der Waals surface area contributed by atoms with Crippen LogP contribution in [-0.4, -0.2) is 39.0 Å². The van der Waals surface area contributed by atoms with E-state index in [0.717, 1.165) is 18.5 Å². The third-order valence-electron chi connectivity index (χ3n) is 5.03. The minimum atomic E-state index is -0.139. The zero-order chi connectivity index (χ0) is 18.3. The Morgan fingerprint density at radius 1 is 1.38 bits per heavy atom. The van der Waals surface area contributed by atoms with Crippen LogP contribution in [0.1, 0.15) is 46.3 Å². The SMILES string of the molecule is Cc1noc(C)c1C(=O)N1CCC[C@H](c2cc3ncccc3c(=O)[nH]2)C1. The van der Waals surface area contributed by atoms with Crippen LogP contribution in [-0.2, 0) is 0 Å². The van der Waals surface area contributed by atoms with Gasteiger partial charge in [-0.2, -0.15) is 0 Å². The maximum absolute atomic E-state index is 12.9. The molecule has 26 heavy (non-hydrogen) atoms. The fourth-order valence-electron chi connectivity index (χ4n) is 3.69. The van der Waals surface area contributed by atoms with Gasteiger partial charge in [-0.3, -0.25) is 14.6 Å². The van der Waals surface area contributed by atoms with Gasteiger partial charge in [0.2, 0.25) is 0 Å². The van der Waals surface area contributed by atoms with Gasteiger partial charge in [0, 0.05) is 30.9 Å². The molecule has 134 valence electrons. The second-order valence-electron chi connectivity index (χ2n) is 6.78. The van der Waals surface area contributed by atoms with Gasteiger partial charge in [-0.05, 0) is 44.9 Å². The molecule has 3 aromatic heterocycles. The minimum absolute atomic E-state index is 0.0628. The number of carbonyl (C=O) groups excluding carboxylic acids is 1. The number of carbonyl (C=O) groups is 1. The monoisotopic (exact) mass is 352 g/mol. The molecule has 1 saturated heterocycles. The average molecular weight is 352 g/mol. The first-order chi connectivity index (χ1) is 12.5. The number of fused-ring (bicyclic) bond motifs is 1. The molecular weight excluding hydrogens is 332 g/mol. The summed E-state index contributed by atoms with van der Waals surface area (Å²) in [4.78, 5) is 34.3. The van der Waals surface area contributed by atoms with E-state index >= 15 is 0 Å². The second kappa shape index (κ2) is 6.40. The van der Waals surface area contributed by atoms with E-state index in [9.17, 15) is 9.59 Å². The van der Waals surface area contributed by atoms with E-state index in [-0.39, 0.29) is 17.4 Å². The molecule has 0 spiro atoms. The number of nitrogens with zero attached hydrogens (tertiary/aromatic N) is 3. The minimum Gasteiger partial charge on any atom is -0.361 e. The predicted octanol–water partition coefficient (Wildman–Crippen LogP) is 2.55. The highest BCUT2D eigenvalue weighted by atomic mass is 16.5. The normalized spacial score (nSPS) is 17.6. The summed E-state index contributed by atoms with van der Waals surface area (Å²) < 4.78 is 5.13. The number of aromatic amines is 1. The summed E-state index contributed by atoms with van der Waals surface area (Å²) in [5.74, 6) is 0.553. The molecule has 3 aromatic rings. The topological polar surface area (TPSA) is 92.1 Å². The Bertz CT molecular complexity index is 1020. The van der Waals surface area contributed by atoms with Crippen molar-refractivity contribution in [3.63, 3.8) is 0 Å². The molecule has 7 heteroatoms. The van der Waals surface area contributed by atoms with Gasteiger partial charge in [0.1, 0.15) is 11.3 Å². The van der Waals surface area contributed by atoms with Gasteiger partial charge < -0.3 is 14.4 Å². The van der Waals surface area contributed by atoms with Crippen LogP contribution in [0.3, 0.4) is 0 Å². The maximum Gasteiger partial charge on any atom is 0.259 e. The van der Waals surface area contributed by atoms with Crippen LogP contribution >= 0.6 is 0 Å². The summed E-state index contributed by atoms with van der Waals surface area (Å²) in [5, 5.41) is 4.46. The van der Waals surface area contributed by atoms with E-state index in [1.165, 1.54) is 0 Å². The van der Waals surface area contributed by atoms with Crippen molar-refractivity contribution in [1.29, 1.82) is 0 Å². The van der Waals surface area contributed by atoms with Gasteiger partial charge in [0.25, 0.3) is 11.5 Å². The number of aromatic nitrogens is 3. The summed E-state index contributed by atoms with van der Waals surface area (Å²) in [5.41, 5.74) is 2.52. The second-order valence-corrected chi connectivity index (χ2v) is 6.78. The molecule has 1 amide bonds. The fraction of sp³-hybridized carbons (Fsp3) is 0.368. The molecule has 0 aromatic carbocycles. The molecule has 4 heterocycles. The molecular formula is C19H20N4O3. The van der Waals surface area contributed by atoms with Gasteiger partial charge in [-0.25, -0.2) is 0 Å². The highest BCUT2D eigenvalue weighted by Crippen LogP contribution is 2.28. The van der Waals surface area contributed by atoms with Crippen molar-refractivity contribution in [2.75, 3.05) is 13.1 Å². The van der Waals surface area contributed by atoms with Crippen molar-refractivity contribution in [2.24, 2.45) is 0 Å². The number of nitrogens with one attached hydrogen (secondary N) is 1. The van der Waals surface area contributed by atoms with E-state index in [1.54, 1.807) is 32.2 Å². The number of H-pyrrole nitrogens is 1. The number of hydrogen-bond acceptors (Lipinski definition) is 5. The van der Waals surface area contributed by atoms with Crippen molar-refractivity contribution in [1.82, 2.24) is 20.0 Å². The van der Waals surface area contributed by atoms with Crippen molar-refractivity contribution in [2.45, 2.75) is 32.6 Å². The summed E-state index contributed by atoms with van der Waals surface area (Å²) in [6.45, 7) is 4.77. The molecule has 4 rings (SSSR count). The van der Waals surface area contributed by atoms with Crippen molar-refractivity contribution >= 4 is 16.8 Å². The molecule has 1 aliphatic rings. The summed E-state index contributed by atoms with van der Waals surface area (Å²) in [7, 11) is 0. The van der Waals surface area contributed by atoms with Crippen LogP contribution < -0.4 is 5.56 Å². The van der Waals surface area contributed by atoms with Crippen LogP contribution in [0.4, 0.5) is 0 Å². The summed E-state index contributed by atoms with van der Waals surface area (Å²) in [6, 6.07) is 5.44. The number of piperidine rings is 1. The third-order valence-corrected chi connectivity index (χ3v) is 5.03. The zero-order valence-electron chi connectivity index (χ0n) is 14.8. The van der Waals surface area contributed by atoms with E-state index in [4.69, 9.17) is 4.52 Å². The standard InChI is InChI=1S/C19H20N4O3/c1-11-17(12(2)26-22-11)19(25)23-8-4-5-13(10-23)15-9-16-14(18(24)21-15)6-3-7-20-16/h3,6-7,9,13H,4-5,8,10H2,1-2H3,(H,21,24)/t13-/m0/s1. The van der Waals surface area contributed by atoms with Gasteiger partial charge in [0.15, 0.2) is 0 Å². The summed E-state index contributed by atoms with van der Waals surface area (Å²) in [6.07, 6.45) is 3.47. The van der Waals surface area contributed by atoms with E-state index in [2.05, 4.69) is 15.1 Å². The van der Waals surface area contributed by atoms with Crippen LogP contribution in [0.2, 0.25) is 0 Å². The van der Waals surface area contributed by atoms with E-state index in [0.29, 0.717) is 41.0 Å². The summed E-state index contributed by atoms with van der Waals surface area (Å²) >= 11 is 0. The van der Waals surface area contributed by atoms with Crippen LogP contribution in [0.5, 0.6) is 0 Å². The largest absolute Gasteiger partial charge is 0.361 e. The molecule has 1 fully saturated rings. The Labute approximate surface area is 150 Å². The predicted molar refractivity (Wildman–Crippen MR) is 96.2 cm³/mol. The number of aryl methyl sites for hydroxylation is 2. The first-order valence-electron chi connectivity index (χ1n) is 8.74. The van der Waals surface area contributed by atoms with Crippen LogP contribution in [0.15, 0.2) is 33.7 Å². The van der Waals surface area contributed by atoms with Gasteiger partial charge in [0.05, 0.1) is 16.6 Å². The quantitative estimate of drug-likeness (QED) is 0.765. The van der Waals surface area contributed by atoms with Crippen molar-refractivity contribution in [3.8, 4) is 0 Å². The number of pyridine rings is 2. The van der Waals surface area contributed by atoms with Crippen LogP contribution in [0, 0.1) is 13.8 Å². The lowest BCUT2D eigenvalue weighted by Gasteiger charge is -2.32. The number of hydrogen-bond donors (Lipinski definition) is 1. The molecule has 0 saturated carbocycles. The Hall–Kier alpha value is -2.96. The Morgan fingerprint density at radius 2 is 2.23 bits per heavy atom. The third kappa shape index (κ3) is 2.79. The molecule has 1 atom stereocenters.